The molecule has 0 aromatic heterocycles. The maximum atomic E-state index is 9.67. The standard InChI is InChI=1S/C13H18O3/c1-2-3-9-16-13-7-6-11(5-4-8-14)10-12(13)15/h4-7,10,14-15H,2-3,8-9H2,1H3/b5-4+. The van der Waals surface area contributed by atoms with Crippen molar-refractivity contribution in [1.82, 2.24) is 0 Å². The summed E-state index contributed by atoms with van der Waals surface area (Å²) in [6, 6.07) is 5.20. The fourth-order valence-electron chi connectivity index (χ4n) is 1.28. The van der Waals surface area contributed by atoms with Gasteiger partial charge in [0.15, 0.2) is 11.5 Å². The molecule has 0 radical (unpaired) electrons. The van der Waals surface area contributed by atoms with Gasteiger partial charge in [0.1, 0.15) is 0 Å². The third-order valence-corrected chi connectivity index (χ3v) is 2.15. The number of unbranched alkanes of at least 4 members (excludes halogenated alkanes) is 1. The largest absolute Gasteiger partial charge is 0.504 e. The van der Waals surface area contributed by atoms with E-state index in [1.54, 1.807) is 24.3 Å². The fraction of sp³-hybridized carbons (Fsp3) is 0.385. The van der Waals surface area contributed by atoms with E-state index in [0.29, 0.717) is 12.4 Å². The lowest BCUT2D eigenvalue weighted by atomic mass is 10.2. The van der Waals surface area contributed by atoms with Gasteiger partial charge in [-0.25, -0.2) is 0 Å². The molecular formula is C13H18O3. The Morgan fingerprint density at radius 3 is 2.81 bits per heavy atom. The molecule has 1 aromatic carbocycles. The topological polar surface area (TPSA) is 49.7 Å². The quantitative estimate of drug-likeness (QED) is 0.727. The number of phenols is 1. The van der Waals surface area contributed by atoms with E-state index in [9.17, 15) is 5.11 Å². The zero-order valence-corrected chi connectivity index (χ0v) is 9.52. The van der Waals surface area contributed by atoms with Crippen molar-refractivity contribution in [2.45, 2.75) is 19.8 Å². The van der Waals surface area contributed by atoms with Crippen LogP contribution in [0.2, 0.25) is 0 Å². The Hall–Kier alpha value is -1.48. The molecule has 0 atom stereocenters. The molecule has 3 nitrogen and oxygen atoms in total. The van der Waals surface area contributed by atoms with Crippen LogP contribution in [0.25, 0.3) is 6.08 Å². The van der Waals surface area contributed by atoms with E-state index in [4.69, 9.17) is 9.84 Å². The molecule has 0 aliphatic rings. The smallest absolute Gasteiger partial charge is 0.160 e. The van der Waals surface area contributed by atoms with Gasteiger partial charge in [0, 0.05) is 0 Å². The minimum Gasteiger partial charge on any atom is -0.504 e. The van der Waals surface area contributed by atoms with Gasteiger partial charge in [-0.05, 0) is 24.1 Å². The van der Waals surface area contributed by atoms with Gasteiger partial charge in [-0.1, -0.05) is 31.6 Å². The van der Waals surface area contributed by atoms with Crippen molar-refractivity contribution < 1.29 is 14.9 Å². The molecular weight excluding hydrogens is 204 g/mol. The van der Waals surface area contributed by atoms with Gasteiger partial charge in [-0.2, -0.15) is 0 Å². The predicted octanol–water partition coefficient (Wildman–Crippen LogP) is 2.58. The summed E-state index contributed by atoms with van der Waals surface area (Å²) in [4.78, 5) is 0. The molecule has 3 heteroatoms. The van der Waals surface area contributed by atoms with E-state index in [-0.39, 0.29) is 12.4 Å². The van der Waals surface area contributed by atoms with Gasteiger partial charge in [0.05, 0.1) is 13.2 Å². The van der Waals surface area contributed by atoms with Gasteiger partial charge < -0.3 is 14.9 Å². The number of phenolic OH excluding ortho intramolecular Hbond substituents is 1. The molecule has 0 spiro atoms. The van der Waals surface area contributed by atoms with E-state index < -0.39 is 0 Å². The van der Waals surface area contributed by atoms with E-state index in [2.05, 4.69) is 6.92 Å². The van der Waals surface area contributed by atoms with Gasteiger partial charge in [-0.3, -0.25) is 0 Å². The zero-order valence-electron chi connectivity index (χ0n) is 9.52. The Morgan fingerprint density at radius 1 is 1.38 bits per heavy atom. The fourth-order valence-corrected chi connectivity index (χ4v) is 1.28. The molecule has 0 amide bonds. The Morgan fingerprint density at radius 2 is 2.19 bits per heavy atom. The molecule has 0 saturated carbocycles. The summed E-state index contributed by atoms with van der Waals surface area (Å²) in [6.45, 7) is 2.71. The Balaban J connectivity index is 2.64. The van der Waals surface area contributed by atoms with Gasteiger partial charge in [0.2, 0.25) is 0 Å². The number of aliphatic hydroxyl groups is 1. The Kier molecular flexibility index (Phi) is 5.43. The van der Waals surface area contributed by atoms with Crippen molar-refractivity contribution in [3.8, 4) is 11.5 Å². The van der Waals surface area contributed by atoms with E-state index in [1.807, 2.05) is 6.07 Å². The van der Waals surface area contributed by atoms with E-state index in [1.165, 1.54) is 0 Å². The minimum absolute atomic E-state index is 0.00445. The molecule has 1 rings (SSSR count). The lowest BCUT2D eigenvalue weighted by Gasteiger charge is -2.07. The second-order valence-corrected chi connectivity index (χ2v) is 3.51. The molecule has 0 heterocycles. The summed E-state index contributed by atoms with van der Waals surface area (Å²) in [5.41, 5.74) is 0.842. The molecule has 0 aliphatic heterocycles. The Bertz CT molecular complexity index is 345. The van der Waals surface area contributed by atoms with Crippen LogP contribution in [0.15, 0.2) is 24.3 Å². The first-order chi connectivity index (χ1) is 7.77. The highest BCUT2D eigenvalue weighted by atomic mass is 16.5. The number of benzene rings is 1. The minimum atomic E-state index is -0.00445. The summed E-state index contributed by atoms with van der Waals surface area (Å²) < 4.78 is 5.41. The van der Waals surface area contributed by atoms with Crippen molar-refractivity contribution >= 4 is 6.08 Å². The zero-order chi connectivity index (χ0) is 11.8. The highest BCUT2D eigenvalue weighted by molar-refractivity contribution is 5.55. The molecule has 88 valence electrons. The highest BCUT2D eigenvalue weighted by Gasteiger charge is 2.01. The molecule has 0 fully saturated rings. The van der Waals surface area contributed by atoms with Crippen LogP contribution in [0, 0.1) is 0 Å². The molecule has 0 aliphatic carbocycles. The second kappa shape index (κ2) is 6.90. The number of rotatable bonds is 6. The predicted molar refractivity (Wildman–Crippen MR) is 64.6 cm³/mol. The first kappa shape index (κ1) is 12.6. The van der Waals surface area contributed by atoms with Crippen LogP contribution >= 0.6 is 0 Å². The van der Waals surface area contributed by atoms with Crippen molar-refractivity contribution in [2.24, 2.45) is 0 Å². The molecule has 2 N–H and O–H groups in total. The average Bonchev–Trinajstić information content (AvgIpc) is 2.29. The molecule has 0 unspecified atom stereocenters. The summed E-state index contributed by atoms with van der Waals surface area (Å²) in [6.07, 6.45) is 5.41. The van der Waals surface area contributed by atoms with E-state index >= 15 is 0 Å². The molecule has 16 heavy (non-hydrogen) atoms. The summed E-state index contributed by atoms with van der Waals surface area (Å²) in [7, 11) is 0. The first-order valence-electron chi connectivity index (χ1n) is 5.51. The number of hydrogen-bond donors (Lipinski definition) is 2. The van der Waals surface area contributed by atoms with Crippen molar-refractivity contribution in [3.05, 3.63) is 29.8 Å². The maximum Gasteiger partial charge on any atom is 0.160 e. The molecule has 1 aromatic rings. The number of ether oxygens (including phenoxy) is 1. The second-order valence-electron chi connectivity index (χ2n) is 3.51. The van der Waals surface area contributed by atoms with Crippen LogP contribution in [-0.4, -0.2) is 23.4 Å². The van der Waals surface area contributed by atoms with E-state index in [0.717, 1.165) is 18.4 Å². The SMILES string of the molecule is CCCCOc1ccc(/C=C/CO)cc1O. The van der Waals surface area contributed by atoms with Gasteiger partial charge in [0.25, 0.3) is 0 Å². The van der Waals surface area contributed by atoms with Gasteiger partial charge >= 0.3 is 0 Å². The average molecular weight is 222 g/mol. The third kappa shape index (κ3) is 3.95. The highest BCUT2D eigenvalue weighted by Crippen LogP contribution is 2.27. The lowest BCUT2D eigenvalue weighted by molar-refractivity contribution is 0.293. The number of hydrogen-bond acceptors (Lipinski definition) is 3. The van der Waals surface area contributed by atoms with Crippen LogP contribution in [0.4, 0.5) is 0 Å². The molecule has 0 bridgehead atoms. The van der Waals surface area contributed by atoms with Gasteiger partial charge in [-0.15, -0.1) is 0 Å². The van der Waals surface area contributed by atoms with Crippen molar-refractivity contribution in [3.63, 3.8) is 0 Å². The summed E-state index contributed by atoms with van der Waals surface area (Å²) >= 11 is 0. The Labute approximate surface area is 96.0 Å². The number of aromatic hydroxyl groups is 1. The van der Waals surface area contributed by atoms with Crippen molar-refractivity contribution in [2.75, 3.05) is 13.2 Å². The monoisotopic (exact) mass is 222 g/mol. The van der Waals surface area contributed by atoms with Crippen LogP contribution in [0.3, 0.4) is 0 Å². The lowest BCUT2D eigenvalue weighted by Crippen LogP contribution is -1.96. The first-order valence-corrected chi connectivity index (χ1v) is 5.51. The van der Waals surface area contributed by atoms with Crippen LogP contribution in [0.5, 0.6) is 11.5 Å². The number of aliphatic hydroxyl groups excluding tert-OH is 1. The molecule has 0 saturated heterocycles. The van der Waals surface area contributed by atoms with Crippen LogP contribution < -0.4 is 4.74 Å². The maximum absolute atomic E-state index is 9.67. The van der Waals surface area contributed by atoms with Crippen LogP contribution in [0.1, 0.15) is 25.3 Å². The summed E-state index contributed by atoms with van der Waals surface area (Å²) in [5.74, 6) is 0.644. The van der Waals surface area contributed by atoms with Crippen LogP contribution in [-0.2, 0) is 0 Å². The van der Waals surface area contributed by atoms with Crippen molar-refractivity contribution in [1.29, 1.82) is 0 Å². The normalized spacial score (nSPS) is 10.9. The third-order valence-electron chi connectivity index (χ3n) is 2.15. The summed E-state index contributed by atoms with van der Waals surface area (Å²) in [5, 5.41) is 18.3.